The van der Waals surface area contributed by atoms with E-state index in [2.05, 4.69) is 137 Å². The van der Waals surface area contributed by atoms with Gasteiger partial charge in [0.2, 0.25) is 0 Å². The molecule has 0 heteroatoms. The minimum atomic E-state index is 1.07. The first-order chi connectivity index (χ1) is 18.6. The Bertz CT molecular complexity index is 1630. The molecular weight excluding hydrogens is 456 g/mol. The molecule has 0 nitrogen and oxygen atoms in total. The highest BCUT2D eigenvalue weighted by atomic mass is 14.2. The number of fused-ring (bicyclic) bond motifs is 2. The van der Waals surface area contributed by atoms with E-state index in [0.717, 1.165) is 12.8 Å². The van der Waals surface area contributed by atoms with E-state index >= 15 is 0 Å². The molecule has 38 heavy (non-hydrogen) atoms. The fourth-order valence-electron chi connectivity index (χ4n) is 5.77. The highest BCUT2D eigenvalue weighted by Gasteiger charge is 2.15. The summed E-state index contributed by atoms with van der Waals surface area (Å²) in [7, 11) is 0. The first-order valence-electron chi connectivity index (χ1n) is 13.8. The SMILES string of the molecule is CCc1ccc(-c2ccc3c(-c4c(C)ccc5cc(-c6ccc(CC)cc6)ccc45)c(C)ccc3c2)cc1. The van der Waals surface area contributed by atoms with E-state index < -0.39 is 0 Å². The quantitative estimate of drug-likeness (QED) is 0.225. The maximum absolute atomic E-state index is 2.34. The summed E-state index contributed by atoms with van der Waals surface area (Å²) in [6.07, 6.45) is 2.13. The van der Waals surface area contributed by atoms with Crippen LogP contribution in [0.2, 0.25) is 0 Å². The average Bonchev–Trinajstić information content (AvgIpc) is 2.97. The number of rotatable bonds is 5. The molecule has 0 aromatic heterocycles. The average molecular weight is 491 g/mol. The fourth-order valence-corrected chi connectivity index (χ4v) is 5.77. The molecule has 0 saturated heterocycles. The van der Waals surface area contributed by atoms with E-state index in [1.807, 2.05) is 0 Å². The Morgan fingerprint density at radius 3 is 1.13 bits per heavy atom. The van der Waals surface area contributed by atoms with E-state index in [-0.39, 0.29) is 0 Å². The predicted octanol–water partition coefficient (Wildman–Crippen LogP) is 10.7. The number of aryl methyl sites for hydroxylation is 4. The van der Waals surface area contributed by atoms with Crippen LogP contribution in [0.25, 0.3) is 54.9 Å². The standard InChI is InChI=1S/C38H34/c1-5-27-9-15-29(16-10-27)31-19-21-35-33(23-31)13-7-25(3)37(35)38-26(4)8-14-34-24-32(20-22-36(34)38)30-17-11-28(6-2)12-18-30/h7-24H,5-6H2,1-4H3. The molecule has 0 atom stereocenters. The highest BCUT2D eigenvalue weighted by molar-refractivity contribution is 6.09. The minimum absolute atomic E-state index is 1.07. The van der Waals surface area contributed by atoms with E-state index in [1.165, 1.54) is 77.2 Å². The van der Waals surface area contributed by atoms with Crippen molar-refractivity contribution in [3.05, 3.63) is 131 Å². The van der Waals surface area contributed by atoms with Crippen LogP contribution in [0.3, 0.4) is 0 Å². The zero-order valence-corrected chi connectivity index (χ0v) is 22.8. The van der Waals surface area contributed by atoms with Crippen molar-refractivity contribution in [1.29, 1.82) is 0 Å². The van der Waals surface area contributed by atoms with Gasteiger partial charge >= 0.3 is 0 Å². The summed E-state index contributed by atoms with van der Waals surface area (Å²) in [5.41, 5.74) is 13.1. The lowest BCUT2D eigenvalue weighted by Gasteiger charge is -2.17. The molecule has 0 aliphatic rings. The summed E-state index contributed by atoms with van der Waals surface area (Å²) in [5, 5.41) is 5.20. The first-order valence-corrected chi connectivity index (χ1v) is 13.8. The molecule has 0 saturated carbocycles. The van der Waals surface area contributed by atoms with Crippen LogP contribution in [0.5, 0.6) is 0 Å². The van der Waals surface area contributed by atoms with Crippen LogP contribution in [-0.4, -0.2) is 0 Å². The zero-order valence-electron chi connectivity index (χ0n) is 22.8. The van der Waals surface area contributed by atoms with Gasteiger partial charge < -0.3 is 0 Å². The topological polar surface area (TPSA) is 0 Å². The summed E-state index contributed by atoms with van der Waals surface area (Å²) in [4.78, 5) is 0. The Morgan fingerprint density at radius 1 is 0.395 bits per heavy atom. The summed E-state index contributed by atoms with van der Waals surface area (Å²) >= 11 is 0. The monoisotopic (exact) mass is 490 g/mol. The van der Waals surface area contributed by atoms with Crippen molar-refractivity contribution >= 4 is 21.5 Å². The predicted molar refractivity (Wildman–Crippen MR) is 166 cm³/mol. The Kier molecular flexibility index (Phi) is 6.34. The van der Waals surface area contributed by atoms with E-state index in [0.29, 0.717) is 0 Å². The third-order valence-corrected chi connectivity index (χ3v) is 8.10. The minimum Gasteiger partial charge on any atom is -0.0613 e. The van der Waals surface area contributed by atoms with Crippen LogP contribution in [0.1, 0.15) is 36.1 Å². The first kappa shape index (κ1) is 24.2. The summed E-state index contributed by atoms with van der Waals surface area (Å²) < 4.78 is 0. The second-order valence-electron chi connectivity index (χ2n) is 10.5. The lowest BCUT2D eigenvalue weighted by atomic mass is 9.86. The smallest absolute Gasteiger partial charge is 0.00672 e. The lowest BCUT2D eigenvalue weighted by Crippen LogP contribution is -1.92. The van der Waals surface area contributed by atoms with Gasteiger partial charge in [-0.3, -0.25) is 0 Å². The molecule has 0 aliphatic heterocycles. The Hall–Kier alpha value is -4.16. The van der Waals surface area contributed by atoms with E-state index in [1.54, 1.807) is 0 Å². The van der Waals surface area contributed by atoms with Crippen LogP contribution in [0, 0.1) is 13.8 Å². The van der Waals surface area contributed by atoms with Crippen molar-refractivity contribution in [2.45, 2.75) is 40.5 Å². The van der Waals surface area contributed by atoms with Crippen LogP contribution < -0.4 is 0 Å². The maximum atomic E-state index is 2.34. The molecule has 0 amide bonds. The molecule has 0 spiro atoms. The van der Waals surface area contributed by atoms with E-state index in [4.69, 9.17) is 0 Å². The highest BCUT2D eigenvalue weighted by Crippen LogP contribution is 2.40. The van der Waals surface area contributed by atoms with Crippen molar-refractivity contribution in [3.8, 4) is 33.4 Å². The normalized spacial score (nSPS) is 11.4. The molecule has 6 aromatic rings. The van der Waals surface area contributed by atoms with Gasteiger partial charge in [0.05, 0.1) is 0 Å². The van der Waals surface area contributed by atoms with Crippen LogP contribution in [-0.2, 0) is 12.8 Å². The number of benzene rings is 6. The summed E-state index contributed by atoms with van der Waals surface area (Å²) in [6.45, 7) is 8.89. The zero-order chi connectivity index (χ0) is 26.2. The molecule has 186 valence electrons. The van der Waals surface area contributed by atoms with Crippen LogP contribution >= 0.6 is 0 Å². The van der Waals surface area contributed by atoms with Gasteiger partial charge in [-0.05, 0) is 116 Å². The molecule has 0 fully saturated rings. The van der Waals surface area contributed by atoms with Gasteiger partial charge in [0.15, 0.2) is 0 Å². The summed E-state index contributed by atoms with van der Waals surface area (Å²) in [5.74, 6) is 0. The molecule has 0 N–H and O–H groups in total. The Balaban J connectivity index is 1.49. The van der Waals surface area contributed by atoms with Gasteiger partial charge in [-0.15, -0.1) is 0 Å². The van der Waals surface area contributed by atoms with Gasteiger partial charge in [-0.2, -0.15) is 0 Å². The maximum Gasteiger partial charge on any atom is -0.00672 e. The van der Waals surface area contributed by atoms with Crippen LogP contribution in [0.4, 0.5) is 0 Å². The second kappa shape index (κ2) is 9.95. The van der Waals surface area contributed by atoms with Gasteiger partial charge in [0.1, 0.15) is 0 Å². The molecule has 0 unspecified atom stereocenters. The lowest BCUT2D eigenvalue weighted by molar-refractivity contribution is 1.14. The molecular formula is C38H34. The van der Waals surface area contributed by atoms with E-state index in [9.17, 15) is 0 Å². The summed E-state index contributed by atoms with van der Waals surface area (Å²) in [6, 6.07) is 41.0. The third kappa shape index (κ3) is 4.31. The van der Waals surface area contributed by atoms with Gasteiger partial charge in [-0.25, -0.2) is 0 Å². The van der Waals surface area contributed by atoms with Crippen molar-refractivity contribution in [3.63, 3.8) is 0 Å². The van der Waals surface area contributed by atoms with Gasteiger partial charge in [0, 0.05) is 0 Å². The van der Waals surface area contributed by atoms with Crippen LogP contribution in [0.15, 0.2) is 109 Å². The van der Waals surface area contributed by atoms with Crippen molar-refractivity contribution in [2.24, 2.45) is 0 Å². The molecule has 6 aromatic carbocycles. The van der Waals surface area contributed by atoms with Crippen molar-refractivity contribution in [2.75, 3.05) is 0 Å². The molecule has 0 heterocycles. The second-order valence-corrected chi connectivity index (χ2v) is 10.5. The molecule has 0 bridgehead atoms. The third-order valence-electron chi connectivity index (χ3n) is 8.10. The van der Waals surface area contributed by atoms with Gasteiger partial charge in [0.25, 0.3) is 0 Å². The fraction of sp³-hybridized carbons (Fsp3) is 0.158. The Morgan fingerprint density at radius 2 is 0.763 bits per heavy atom. The Labute approximate surface area is 226 Å². The molecule has 0 radical (unpaired) electrons. The largest absolute Gasteiger partial charge is 0.0613 e. The number of hydrogen-bond acceptors (Lipinski definition) is 0. The van der Waals surface area contributed by atoms with Gasteiger partial charge in [-0.1, -0.05) is 111 Å². The van der Waals surface area contributed by atoms with Crippen molar-refractivity contribution in [1.82, 2.24) is 0 Å². The van der Waals surface area contributed by atoms with Crippen molar-refractivity contribution < 1.29 is 0 Å². The molecule has 0 aliphatic carbocycles. The molecule has 6 rings (SSSR count). The number of hydrogen-bond donors (Lipinski definition) is 0.